The predicted octanol–water partition coefficient (Wildman–Crippen LogP) is 4.52. The van der Waals surface area contributed by atoms with E-state index in [4.69, 9.17) is 11.6 Å². The van der Waals surface area contributed by atoms with Gasteiger partial charge in [-0.3, -0.25) is 9.59 Å². The summed E-state index contributed by atoms with van der Waals surface area (Å²) < 4.78 is 0. The molecule has 6 heteroatoms. The van der Waals surface area contributed by atoms with Crippen LogP contribution in [0.2, 0.25) is 5.02 Å². The lowest BCUT2D eigenvalue weighted by molar-refractivity contribution is -0.119. The Labute approximate surface area is 157 Å². The molecule has 132 valence electrons. The Bertz CT molecular complexity index is 778. The molecule has 0 atom stereocenters. The van der Waals surface area contributed by atoms with Crippen LogP contribution < -0.4 is 10.6 Å². The number of thioether (sulfide) groups is 1. The Balaban J connectivity index is 2.09. The van der Waals surface area contributed by atoms with Crippen molar-refractivity contribution in [3.63, 3.8) is 0 Å². The van der Waals surface area contributed by atoms with E-state index in [1.807, 2.05) is 45.0 Å². The molecule has 0 bridgehead atoms. The lowest BCUT2D eigenvalue weighted by Gasteiger charge is -2.11. The largest absolute Gasteiger partial charge is 0.353 e. The summed E-state index contributed by atoms with van der Waals surface area (Å²) >= 11 is 7.44. The van der Waals surface area contributed by atoms with Gasteiger partial charge in [-0.25, -0.2) is 0 Å². The highest BCUT2D eigenvalue weighted by molar-refractivity contribution is 8.00. The first-order chi connectivity index (χ1) is 11.9. The second-order valence-corrected chi connectivity index (χ2v) is 7.35. The van der Waals surface area contributed by atoms with E-state index in [-0.39, 0.29) is 23.6 Å². The second kappa shape index (κ2) is 8.92. The van der Waals surface area contributed by atoms with Crippen LogP contribution in [0.5, 0.6) is 0 Å². The number of benzene rings is 2. The monoisotopic (exact) mass is 376 g/mol. The molecule has 25 heavy (non-hydrogen) atoms. The Kier molecular flexibility index (Phi) is 6.91. The van der Waals surface area contributed by atoms with Crippen molar-refractivity contribution < 1.29 is 9.59 Å². The zero-order valence-corrected chi connectivity index (χ0v) is 16.0. The third-order valence-electron chi connectivity index (χ3n) is 3.37. The highest BCUT2D eigenvalue weighted by atomic mass is 35.5. The predicted molar refractivity (Wildman–Crippen MR) is 105 cm³/mol. The van der Waals surface area contributed by atoms with Crippen LogP contribution in [0.25, 0.3) is 0 Å². The van der Waals surface area contributed by atoms with E-state index in [1.54, 1.807) is 18.2 Å². The van der Waals surface area contributed by atoms with E-state index >= 15 is 0 Å². The van der Waals surface area contributed by atoms with E-state index in [9.17, 15) is 9.59 Å². The fraction of sp³-hybridized carbons (Fsp3) is 0.263. The van der Waals surface area contributed by atoms with Crippen LogP contribution in [0.1, 0.15) is 29.8 Å². The molecule has 0 aliphatic heterocycles. The van der Waals surface area contributed by atoms with Crippen molar-refractivity contribution in [1.29, 1.82) is 0 Å². The molecular weight excluding hydrogens is 356 g/mol. The molecule has 0 radical (unpaired) electrons. The fourth-order valence-corrected chi connectivity index (χ4v) is 3.20. The molecule has 2 N–H and O–H groups in total. The molecule has 0 saturated heterocycles. The lowest BCUT2D eigenvalue weighted by atomic mass is 10.2. The molecule has 4 nitrogen and oxygen atoms in total. The van der Waals surface area contributed by atoms with Gasteiger partial charge in [-0.15, -0.1) is 11.8 Å². The maximum Gasteiger partial charge on any atom is 0.256 e. The number of halogens is 1. The second-order valence-electron chi connectivity index (χ2n) is 5.93. The van der Waals surface area contributed by atoms with Crippen molar-refractivity contribution in [1.82, 2.24) is 5.32 Å². The molecule has 0 aliphatic carbocycles. The van der Waals surface area contributed by atoms with Crippen molar-refractivity contribution in [3.8, 4) is 0 Å². The summed E-state index contributed by atoms with van der Waals surface area (Å²) in [7, 11) is 0. The third-order valence-corrected chi connectivity index (χ3v) is 4.85. The summed E-state index contributed by atoms with van der Waals surface area (Å²) in [4.78, 5) is 25.2. The van der Waals surface area contributed by atoms with Crippen LogP contribution in [0.15, 0.2) is 47.4 Å². The van der Waals surface area contributed by atoms with Gasteiger partial charge in [0.05, 0.1) is 11.3 Å². The molecule has 2 aromatic carbocycles. The summed E-state index contributed by atoms with van der Waals surface area (Å²) in [6, 6.07) is 12.7. The maximum absolute atomic E-state index is 12.6. The number of rotatable bonds is 6. The Morgan fingerprint density at radius 3 is 2.56 bits per heavy atom. The Morgan fingerprint density at radius 1 is 1.16 bits per heavy atom. The summed E-state index contributed by atoms with van der Waals surface area (Å²) in [5.41, 5.74) is 2.12. The minimum Gasteiger partial charge on any atom is -0.353 e. The minimum absolute atomic E-state index is 0.0551. The van der Waals surface area contributed by atoms with E-state index in [2.05, 4.69) is 10.6 Å². The van der Waals surface area contributed by atoms with E-state index in [0.717, 1.165) is 10.5 Å². The highest BCUT2D eigenvalue weighted by Gasteiger charge is 2.13. The molecule has 0 aliphatic rings. The van der Waals surface area contributed by atoms with Gasteiger partial charge in [-0.1, -0.05) is 29.8 Å². The van der Waals surface area contributed by atoms with Gasteiger partial charge in [0.2, 0.25) is 5.91 Å². The van der Waals surface area contributed by atoms with Gasteiger partial charge in [0.15, 0.2) is 0 Å². The van der Waals surface area contributed by atoms with Crippen LogP contribution in [-0.2, 0) is 4.79 Å². The number of hydrogen-bond acceptors (Lipinski definition) is 3. The standard InChI is InChI=1S/C19H21ClN2O2S/c1-12(2)21-18(23)11-25-17-7-5-4-6-15(17)19(24)22-14-9-8-13(3)16(20)10-14/h4-10,12H,11H2,1-3H3,(H,21,23)(H,22,24). The Hall–Kier alpha value is -1.98. The lowest BCUT2D eigenvalue weighted by Crippen LogP contribution is -2.31. The first kappa shape index (κ1) is 19.3. The molecule has 0 saturated carbocycles. The average molecular weight is 377 g/mol. The topological polar surface area (TPSA) is 58.2 Å². The van der Waals surface area contributed by atoms with Gasteiger partial charge in [-0.2, -0.15) is 0 Å². The van der Waals surface area contributed by atoms with Gasteiger partial charge >= 0.3 is 0 Å². The van der Waals surface area contributed by atoms with Gasteiger partial charge in [-0.05, 0) is 50.6 Å². The summed E-state index contributed by atoms with van der Waals surface area (Å²) in [6.45, 7) is 5.73. The van der Waals surface area contributed by atoms with Gasteiger partial charge in [0, 0.05) is 21.6 Å². The number of carbonyl (C=O) groups is 2. The van der Waals surface area contributed by atoms with E-state index in [1.165, 1.54) is 11.8 Å². The molecule has 0 spiro atoms. The number of hydrogen-bond donors (Lipinski definition) is 2. The van der Waals surface area contributed by atoms with Crippen molar-refractivity contribution in [3.05, 3.63) is 58.6 Å². The number of amides is 2. The number of carbonyl (C=O) groups excluding carboxylic acids is 2. The van der Waals surface area contributed by atoms with Crippen molar-refractivity contribution in [2.75, 3.05) is 11.1 Å². The minimum atomic E-state index is -0.229. The van der Waals surface area contributed by atoms with Gasteiger partial charge in [0.1, 0.15) is 0 Å². The number of anilines is 1. The first-order valence-corrected chi connectivity index (χ1v) is 9.32. The molecule has 2 aromatic rings. The smallest absolute Gasteiger partial charge is 0.256 e. The summed E-state index contributed by atoms with van der Waals surface area (Å²) in [5.74, 6) is -0.0217. The van der Waals surface area contributed by atoms with Crippen LogP contribution in [0.3, 0.4) is 0 Å². The van der Waals surface area contributed by atoms with Crippen LogP contribution >= 0.6 is 23.4 Å². The van der Waals surface area contributed by atoms with Crippen LogP contribution in [0, 0.1) is 6.92 Å². The van der Waals surface area contributed by atoms with Crippen LogP contribution in [-0.4, -0.2) is 23.6 Å². The van der Waals surface area contributed by atoms with Gasteiger partial charge < -0.3 is 10.6 Å². The quantitative estimate of drug-likeness (QED) is 0.729. The normalized spacial score (nSPS) is 10.6. The maximum atomic E-state index is 12.6. The molecule has 0 heterocycles. The van der Waals surface area contributed by atoms with Gasteiger partial charge in [0.25, 0.3) is 5.91 Å². The Morgan fingerprint density at radius 2 is 1.88 bits per heavy atom. The van der Waals surface area contributed by atoms with E-state index < -0.39 is 0 Å². The molecule has 0 unspecified atom stereocenters. The first-order valence-electron chi connectivity index (χ1n) is 7.95. The van der Waals surface area contributed by atoms with Crippen molar-refractivity contribution >= 4 is 40.9 Å². The van der Waals surface area contributed by atoms with Crippen molar-refractivity contribution in [2.24, 2.45) is 0 Å². The van der Waals surface area contributed by atoms with Crippen LogP contribution in [0.4, 0.5) is 5.69 Å². The molecule has 2 rings (SSSR count). The highest BCUT2D eigenvalue weighted by Crippen LogP contribution is 2.25. The van der Waals surface area contributed by atoms with E-state index in [0.29, 0.717) is 16.3 Å². The molecule has 0 aromatic heterocycles. The number of aryl methyl sites for hydroxylation is 1. The average Bonchev–Trinajstić information content (AvgIpc) is 2.56. The zero-order valence-electron chi connectivity index (χ0n) is 14.4. The molecule has 2 amide bonds. The fourth-order valence-electron chi connectivity index (χ4n) is 2.16. The SMILES string of the molecule is Cc1ccc(NC(=O)c2ccccc2SCC(=O)NC(C)C)cc1Cl. The molecule has 0 fully saturated rings. The zero-order chi connectivity index (χ0) is 18.4. The third kappa shape index (κ3) is 5.80. The summed E-state index contributed by atoms with van der Waals surface area (Å²) in [6.07, 6.45) is 0. The molecular formula is C19H21ClN2O2S. The summed E-state index contributed by atoms with van der Waals surface area (Å²) in [5, 5.41) is 6.29. The number of nitrogens with one attached hydrogen (secondary N) is 2. The van der Waals surface area contributed by atoms with Crippen molar-refractivity contribution in [2.45, 2.75) is 31.7 Å².